The third-order valence-corrected chi connectivity index (χ3v) is 3.25. The number of aliphatic hydroxyl groups excluding tert-OH is 2. The van der Waals surface area contributed by atoms with Crippen LogP contribution in [0.5, 0.6) is 0 Å². The van der Waals surface area contributed by atoms with E-state index in [1.807, 2.05) is 44.2 Å². The lowest BCUT2D eigenvalue weighted by molar-refractivity contribution is -0.0128. The van der Waals surface area contributed by atoms with E-state index in [-0.39, 0.29) is 12.1 Å². The first-order valence-electron chi connectivity index (χ1n) is 6.56. The number of hydrogen-bond acceptors (Lipinski definition) is 4. The van der Waals surface area contributed by atoms with Gasteiger partial charge < -0.3 is 14.9 Å². The largest absolute Gasteiger partial charge is 0.394 e. The van der Waals surface area contributed by atoms with Crippen LogP contribution in [0.25, 0.3) is 0 Å². The number of β-amino-alcohol motifs (C(OH)–C–C–N with tert-alkyl or cyclic N) is 1. The zero-order valence-corrected chi connectivity index (χ0v) is 12.0. The van der Waals surface area contributed by atoms with Crippen LogP contribution in [0.1, 0.15) is 19.4 Å². The second kappa shape index (κ2) is 7.60. The highest BCUT2D eigenvalue weighted by Crippen LogP contribution is 2.18. The van der Waals surface area contributed by atoms with Crippen molar-refractivity contribution in [3.8, 4) is 0 Å². The van der Waals surface area contributed by atoms with E-state index < -0.39 is 6.10 Å². The summed E-state index contributed by atoms with van der Waals surface area (Å²) < 4.78 is 4.96. The predicted octanol–water partition coefficient (Wildman–Crippen LogP) is 1.27. The molecular formula is C15H25NO3. The van der Waals surface area contributed by atoms with Crippen LogP contribution < -0.4 is 0 Å². The van der Waals surface area contributed by atoms with Gasteiger partial charge in [0.1, 0.15) is 0 Å². The summed E-state index contributed by atoms with van der Waals surface area (Å²) in [5, 5.41) is 19.4. The molecule has 0 aliphatic rings. The molecule has 1 aromatic rings. The van der Waals surface area contributed by atoms with Gasteiger partial charge in [-0.1, -0.05) is 30.3 Å². The Morgan fingerprint density at radius 2 is 1.89 bits per heavy atom. The third kappa shape index (κ3) is 5.28. The van der Waals surface area contributed by atoms with E-state index in [4.69, 9.17) is 4.74 Å². The molecule has 0 aromatic heterocycles. The fourth-order valence-corrected chi connectivity index (χ4v) is 1.93. The first kappa shape index (κ1) is 16.1. The average Bonchev–Trinajstić information content (AvgIpc) is 2.39. The number of hydrogen-bond donors (Lipinski definition) is 2. The predicted molar refractivity (Wildman–Crippen MR) is 75.9 cm³/mol. The number of nitrogens with zero attached hydrogens (tertiary/aromatic N) is 1. The summed E-state index contributed by atoms with van der Waals surface area (Å²) in [6.07, 6.45) is -0.556. The smallest absolute Gasteiger partial charge is 0.0900 e. The van der Waals surface area contributed by atoms with Gasteiger partial charge in [-0.2, -0.15) is 0 Å². The molecule has 0 saturated carbocycles. The van der Waals surface area contributed by atoms with Crippen molar-refractivity contribution in [3.05, 3.63) is 35.9 Å². The summed E-state index contributed by atoms with van der Waals surface area (Å²) in [4.78, 5) is 2.08. The number of methoxy groups -OCH3 is 1. The highest BCUT2D eigenvalue weighted by atomic mass is 16.5. The van der Waals surface area contributed by atoms with Crippen molar-refractivity contribution in [2.75, 3.05) is 26.9 Å². The Morgan fingerprint density at radius 3 is 2.42 bits per heavy atom. The van der Waals surface area contributed by atoms with Crippen molar-refractivity contribution in [1.29, 1.82) is 0 Å². The summed E-state index contributed by atoms with van der Waals surface area (Å²) in [5.41, 5.74) is 0.776. The third-order valence-electron chi connectivity index (χ3n) is 3.25. The Kier molecular flexibility index (Phi) is 6.45. The Morgan fingerprint density at radius 1 is 1.26 bits per heavy atom. The molecule has 0 heterocycles. The van der Waals surface area contributed by atoms with Gasteiger partial charge in [-0.05, 0) is 19.4 Å². The zero-order valence-electron chi connectivity index (χ0n) is 12.0. The van der Waals surface area contributed by atoms with Gasteiger partial charge in [-0.15, -0.1) is 0 Å². The second-order valence-electron chi connectivity index (χ2n) is 5.45. The van der Waals surface area contributed by atoms with Crippen LogP contribution in [0.3, 0.4) is 0 Å². The van der Waals surface area contributed by atoms with Crippen LogP contribution in [-0.2, 0) is 11.3 Å². The van der Waals surface area contributed by atoms with Crippen LogP contribution in [0.2, 0.25) is 0 Å². The fourth-order valence-electron chi connectivity index (χ4n) is 1.93. The second-order valence-corrected chi connectivity index (χ2v) is 5.45. The quantitative estimate of drug-likeness (QED) is 0.745. The number of rotatable bonds is 8. The SMILES string of the molecule is COC[C@@H](O)CN(Cc1ccccc1)C(C)(C)CO. The topological polar surface area (TPSA) is 52.9 Å². The van der Waals surface area contributed by atoms with Gasteiger partial charge in [0.2, 0.25) is 0 Å². The van der Waals surface area contributed by atoms with Gasteiger partial charge >= 0.3 is 0 Å². The molecule has 0 amide bonds. The van der Waals surface area contributed by atoms with Gasteiger partial charge in [0.15, 0.2) is 0 Å². The van der Waals surface area contributed by atoms with Crippen molar-refractivity contribution >= 4 is 0 Å². The fraction of sp³-hybridized carbons (Fsp3) is 0.600. The van der Waals surface area contributed by atoms with Crippen molar-refractivity contribution < 1.29 is 14.9 Å². The first-order valence-corrected chi connectivity index (χ1v) is 6.56. The van der Waals surface area contributed by atoms with E-state index >= 15 is 0 Å². The van der Waals surface area contributed by atoms with Gasteiger partial charge in [0.25, 0.3) is 0 Å². The minimum absolute atomic E-state index is 0.0412. The normalized spacial score (nSPS) is 13.8. The molecule has 1 aromatic carbocycles. The number of ether oxygens (including phenoxy) is 1. The van der Waals surface area contributed by atoms with Crippen LogP contribution >= 0.6 is 0 Å². The summed E-state index contributed by atoms with van der Waals surface area (Å²) in [6, 6.07) is 10.0. The first-order chi connectivity index (χ1) is 8.99. The van der Waals surface area contributed by atoms with Crippen LogP contribution in [0, 0.1) is 0 Å². The minimum Gasteiger partial charge on any atom is -0.394 e. The summed E-state index contributed by atoms with van der Waals surface area (Å²) in [6.45, 7) is 5.43. The summed E-state index contributed by atoms with van der Waals surface area (Å²) in [5.74, 6) is 0. The lowest BCUT2D eigenvalue weighted by Crippen LogP contribution is -2.50. The van der Waals surface area contributed by atoms with Crippen LogP contribution in [0.15, 0.2) is 30.3 Å². The Labute approximate surface area is 115 Å². The molecule has 2 N–H and O–H groups in total. The van der Waals surface area contributed by atoms with E-state index in [0.29, 0.717) is 19.7 Å². The molecule has 0 spiro atoms. The zero-order chi connectivity index (χ0) is 14.3. The molecule has 0 unspecified atom stereocenters. The van der Waals surface area contributed by atoms with E-state index in [9.17, 15) is 10.2 Å². The number of benzene rings is 1. The lowest BCUT2D eigenvalue weighted by atomic mass is 10.0. The lowest BCUT2D eigenvalue weighted by Gasteiger charge is -2.38. The van der Waals surface area contributed by atoms with Gasteiger partial charge in [-0.25, -0.2) is 0 Å². The Balaban J connectivity index is 2.75. The molecule has 4 nitrogen and oxygen atoms in total. The van der Waals surface area contributed by atoms with Crippen molar-refractivity contribution in [1.82, 2.24) is 4.90 Å². The van der Waals surface area contributed by atoms with Gasteiger partial charge in [-0.3, -0.25) is 4.90 Å². The molecule has 4 heteroatoms. The van der Waals surface area contributed by atoms with Gasteiger partial charge in [0.05, 0.1) is 19.3 Å². The van der Waals surface area contributed by atoms with E-state index in [1.54, 1.807) is 7.11 Å². The van der Waals surface area contributed by atoms with Crippen molar-refractivity contribution in [2.24, 2.45) is 0 Å². The van der Waals surface area contributed by atoms with Gasteiger partial charge in [0, 0.05) is 25.7 Å². The maximum atomic E-state index is 9.91. The molecular weight excluding hydrogens is 242 g/mol. The van der Waals surface area contributed by atoms with Crippen molar-refractivity contribution in [2.45, 2.75) is 32.0 Å². The molecule has 0 saturated heterocycles. The molecule has 0 aliphatic heterocycles. The van der Waals surface area contributed by atoms with E-state index in [2.05, 4.69) is 4.90 Å². The molecule has 1 rings (SSSR count). The Bertz CT molecular complexity index is 354. The highest BCUT2D eigenvalue weighted by Gasteiger charge is 2.27. The van der Waals surface area contributed by atoms with Crippen molar-refractivity contribution in [3.63, 3.8) is 0 Å². The molecule has 0 aliphatic carbocycles. The molecule has 108 valence electrons. The van der Waals surface area contributed by atoms with Crippen LogP contribution in [-0.4, -0.2) is 53.6 Å². The monoisotopic (exact) mass is 267 g/mol. The minimum atomic E-state index is -0.556. The highest BCUT2D eigenvalue weighted by molar-refractivity contribution is 5.15. The standard InChI is InChI=1S/C15H25NO3/c1-15(2,12-17)16(10-14(18)11-19-3)9-13-7-5-4-6-8-13/h4-8,14,17-18H,9-12H2,1-3H3/t14-/m0/s1. The molecule has 1 atom stereocenters. The molecule has 19 heavy (non-hydrogen) atoms. The molecule has 0 bridgehead atoms. The van der Waals surface area contributed by atoms with E-state index in [0.717, 1.165) is 5.56 Å². The molecule has 0 fully saturated rings. The maximum absolute atomic E-state index is 9.91. The number of aliphatic hydroxyl groups is 2. The van der Waals surface area contributed by atoms with E-state index in [1.165, 1.54) is 0 Å². The average molecular weight is 267 g/mol. The maximum Gasteiger partial charge on any atom is 0.0900 e. The molecule has 0 radical (unpaired) electrons. The Hall–Kier alpha value is -0.940. The van der Waals surface area contributed by atoms with Crippen LogP contribution in [0.4, 0.5) is 0 Å². The summed E-state index contributed by atoms with van der Waals surface area (Å²) >= 11 is 0. The summed E-state index contributed by atoms with van der Waals surface area (Å²) in [7, 11) is 1.57.